The monoisotopic (exact) mass is 375 g/mol. The number of carbonyl (C=O) groups excluding carboxylic acids is 2. The number of hydrogen-bond acceptors (Lipinski definition) is 6. The minimum Gasteiger partial charge on any atom is -0.396 e. The smallest absolute Gasteiger partial charge is 0.254 e. The molecule has 8 heteroatoms. The van der Waals surface area contributed by atoms with Crippen LogP contribution in [0.4, 0.5) is 0 Å². The SMILES string of the molecule is O=C1CO[C@H](C(=O)N(CCCO)Cc2cccs2)[C@@H](c2cccnc2)N1. The summed E-state index contributed by atoms with van der Waals surface area (Å²) in [7, 11) is 0. The number of ether oxygens (including phenoxy) is 1. The van der Waals surface area contributed by atoms with Gasteiger partial charge in [0.25, 0.3) is 5.91 Å². The molecular formula is C18H21N3O4S. The van der Waals surface area contributed by atoms with Gasteiger partial charge in [-0.3, -0.25) is 14.6 Å². The third-order valence-corrected chi connectivity index (χ3v) is 4.99. The van der Waals surface area contributed by atoms with Crippen molar-refractivity contribution in [1.82, 2.24) is 15.2 Å². The van der Waals surface area contributed by atoms with Crippen molar-refractivity contribution >= 4 is 23.2 Å². The fourth-order valence-electron chi connectivity index (χ4n) is 2.88. The number of carbonyl (C=O) groups is 2. The van der Waals surface area contributed by atoms with E-state index in [0.717, 1.165) is 10.4 Å². The van der Waals surface area contributed by atoms with E-state index in [4.69, 9.17) is 9.84 Å². The van der Waals surface area contributed by atoms with Crippen LogP contribution in [0.3, 0.4) is 0 Å². The number of amides is 2. The van der Waals surface area contributed by atoms with Gasteiger partial charge in [0.1, 0.15) is 6.61 Å². The van der Waals surface area contributed by atoms with E-state index in [1.165, 1.54) is 0 Å². The molecule has 0 bridgehead atoms. The zero-order valence-corrected chi connectivity index (χ0v) is 15.0. The van der Waals surface area contributed by atoms with Crippen LogP contribution in [0.15, 0.2) is 42.0 Å². The largest absolute Gasteiger partial charge is 0.396 e. The van der Waals surface area contributed by atoms with Crippen LogP contribution in [0, 0.1) is 0 Å². The fourth-order valence-corrected chi connectivity index (χ4v) is 3.60. The first-order valence-corrected chi connectivity index (χ1v) is 9.30. The first-order chi connectivity index (χ1) is 12.7. The summed E-state index contributed by atoms with van der Waals surface area (Å²) >= 11 is 1.57. The van der Waals surface area contributed by atoms with Crippen molar-refractivity contribution in [2.45, 2.75) is 25.1 Å². The lowest BCUT2D eigenvalue weighted by Gasteiger charge is -2.35. The van der Waals surface area contributed by atoms with Gasteiger partial charge in [-0.2, -0.15) is 0 Å². The lowest BCUT2D eigenvalue weighted by atomic mass is 10.00. The summed E-state index contributed by atoms with van der Waals surface area (Å²) in [6.45, 7) is 0.716. The molecule has 0 aromatic carbocycles. The maximum atomic E-state index is 13.2. The lowest BCUT2D eigenvalue weighted by Crippen LogP contribution is -2.53. The number of aliphatic hydroxyl groups excluding tert-OH is 1. The minimum atomic E-state index is -0.824. The summed E-state index contributed by atoms with van der Waals surface area (Å²) in [5, 5.41) is 14.0. The van der Waals surface area contributed by atoms with Crippen LogP contribution >= 0.6 is 11.3 Å². The van der Waals surface area contributed by atoms with Gasteiger partial charge in [0.2, 0.25) is 5.91 Å². The van der Waals surface area contributed by atoms with Crippen molar-refractivity contribution in [3.63, 3.8) is 0 Å². The molecule has 1 fully saturated rings. The third-order valence-electron chi connectivity index (χ3n) is 4.12. The highest BCUT2D eigenvalue weighted by Crippen LogP contribution is 2.24. The molecule has 138 valence electrons. The van der Waals surface area contributed by atoms with Gasteiger partial charge in [-0.1, -0.05) is 12.1 Å². The Labute approximate surface area is 155 Å². The number of rotatable bonds is 7. The number of aliphatic hydroxyl groups is 1. The standard InChI is InChI=1S/C18H21N3O4S/c22-8-3-7-21(11-14-5-2-9-26-14)18(24)17-16(20-15(23)12-25-17)13-4-1-6-19-10-13/h1-2,4-6,9-10,16-17,22H,3,7-8,11-12H2,(H,20,23)/t16-,17+/m1/s1. The average Bonchev–Trinajstić information content (AvgIpc) is 3.18. The molecule has 2 amide bonds. The highest BCUT2D eigenvalue weighted by Gasteiger charge is 2.38. The Kier molecular flexibility index (Phi) is 6.32. The molecule has 0 radical (unpaired) electrons. The number of thiophene rings is 1. The van der Waals surface area contributed by atoms with E-state index in [-0.39, 0.29) is 25.0 Å². The number of pyridine rings is 1. The van der Waals surface area contributed by atoms with E-state index in [1.807, 2.05) is 23.6 Å². The molecule has 26 heavy (non-hydrogen) atoms. The van der Waals surface area contributed by atoms with E-state index in [2.05, 4.69) is 10.3 Å². The van der Waals surface area contributed by atoms with Crippen molar-refractivity contribution in [1.29, 1.82) is 0 Å². The molecule has 2 aromatic heterocycles. The van der Waals surface area contributed by atoms with Crippen molar-refractivity contribution in [2.75, 3.05) is 19.8 Å². The van der Waals surface area contributed by atoms with Gasteiger partial charge in [-0.05, 0) is 29.5 Å². The predicted octanol–water partition coefficient (Wildman–Crippen LogP) is 1.11. The zero-order chi connectivity index (χ0) is 18.4. The van der Waals surface area contributed by atoms with Gasteiger partial charge in [-0.15, -0.1) is 11.3 Å². The fraction of sp³-hybridized carbons (Fsp3) is 0.389. The second-order valence-electron chi connectivity index (χ2n) is 5.98. The van der Waals surface area contributed by atoms with Crippen molar-refractivity contribution in [2.24, 2.45) is 0 Å². The van der Waals surface area contributed by atoms with E-state index >= 15 is 0 Å². The maximum Gasteiger partial charge on any atom is 0.254 e. The maximum absolute atomic E-state index is 13.2. The molecule has 0 saturated carbocycles. The Bertz CT molecular complexity index is 723. The molecule has 1 aliphatic rings. The van der Waals surface area contributed by atoms with Crippen LogP contribution in [-0.4, -0.2) is 52.7 Å². The molecule has 1 saturated heterocycles. The zero-order valence-electron chi connectivity index (χ0n) is 14.2. The Morgan fingerprint density at radius 1 is 1.42 bits per heavy atom. The molecule has 2 atom stereocenters. The van der Waals surface area contributed by atoms with Gasteiger partial charge in [-0.25, -0.2) is 0 Å². The topological polar surface area (TPSA) is 91.8 Å². The van der Waals surface area contributed by atoms with Crippen LogP contribution < -0.4 is 5.32 Å². The van der Waals surface area contributed by atoms with Crippen molar-refractivity contribution in [3.05, 3.63) is 52.5 Å². The van der Waals surface area contributed by atoms with Crippen LogP contribution in [0.1, 0.15) is 22.9 Å². The van der Waals surface area contributed by atoms with Crippen molar-refractivity contribution < 1.29 is 19.4 Å². The highest BCUT2D eigenvalue weighted by molar-refractivity contribution is 7.09. The quantitative estimate of drug-likeness (QED) is 0.756. The van der Waals surface area contributed by atoms with Crippen molar-refractivity contribution in [3.8, 4) is 0 Å². The van der Waals surface area contributed by atoms with Gasteiger partial charge < -0.3 is 20.1 Å². The summed E-state index contributed by atoms with van der Waals surface area (Å²) in [5.74, 6) is -0.469. The Morgan fingerprint density at radius 3 is 3.00 bits per heavy atom. The number of aromatic nitrogens is 1. The first-order valence-electron chi connectivity index (χ1n) is 8.42. The van der Waals surface area contributed by atoms with Crippen LogP contribution in [0.25, 0.3) is 0 Å². The molecule has 0 unspecified atom stereocenters. The van der Waals surface area contributed by atoms with Crippen LogP contribution in [-0.2, 0) is 20.9 Å². The van der Waals surface area contributed by atoms with Gasteiger partial charge >= 0.3 is 0 Å². The summed E-state index contributed by atoms with van der Waals surface area (Å²) in [6, 6.07) is 6.88. The summed E-state index contributed by atoms with van der Waals surface area (Å²) < 4.78 is 5.61. The molecule has 0 spiro atoms. The van der Waals surface area contributed by atoms with Gasteiger partial charge in [0, 0.05) is 30.4 Å². The normalized spacial score (nSPS) is 19.8. The number of hydrogen-bond donors (Lipinski definition) is 2. The predicted molar refractivity (Wildman–Crippen MR) is 96.3 cm³/mol. The van der Waals surface area contributed by atoms with Gasteiger partial charge in [0.05, 0.1) is 12.6 Å². The summed E-state index contributed by atoms with van der Waals surface area (Å²) in [5.41, 5.74) is 0.720. The second-order valence-corrected chi connectivity index (χ2v) is 7.01. The lowest BCUT2D eigenvalue weighted by molar-refractivity contribution is -0.155. The third kappa shape index (κ3) is 4.46. The molecule has 3 heterocycles. The molecule has 3 rings (SSSR count). The molecule has 7 nitrogen and oxygen atoms in total. The van der Waals surface area contributed by atoms with E-state index in [9.17, 15) is 9.59 Å². The van der Waals surface area contributed by atoms with Gasteiger partial charge in [0.15, 0.2) is 6.10 Å². The molecule has 0 aliphatic carbocycles. The number of morpholine rings is 1. The second kappa shape index (κ2) is 8.88. The van der Waals surface area contributed by atoms with Crippen LogP contribution in [0.2, 0.25) is 0 Å². The molecule has 2 aromatic rings. The average molecular weight is 375 g/mol. The summed E-state index contributed by atoms with van der Waals surface area (Å²) in [4.78, 5) is 31.8. The van der Waals surface area contributed by atoms with Crippen LogP contribution in [0.5, 0.6) is 0 Å². The Hall–Kier alpha value is -2.29. The van der Waals surface area contributed by atoms with E-state index < -0.39 is 12.1 Å². The molecule has 2 N–H and O–H groups in total. The Morgan fingerprint density at radius 2 is 2.31 bits per heavy atom. The summed E-state index contributed by atoms with van der Waals surface area (Å²) in [6.07, 6.45) is 2.91. The highest BCUT2D eigenvalue weighted by atomic mass is 32.1. The Balaban J connectivity index is 1.81. The first kappa shape index (κ1) is 18.5. The molecule has 1 aliphatic heterocycles. The minimum absolute atomic E-state index is 0.00249. The number of nitrogens with zero attached hydrogens (tertiary/aromatic N) is 2. The van der Waals surface area contributed by atoms with E-state index in [1.54, 1.807) is 34.7 Å². The molecular weight excluding hydrogens is 354 g/mol. The number of nitrogens with one attached hydrogen (secondary N) is 1. The van der Waals surface area contributed by atoms with E-state index in [0.29, 0.717) is 19.5 Å².